The van der Waals surface area contributed by atoms with E-state index in [1.807, 2.05) is 13.0 Å². The Morgan fingerprint density at radius 1 is 1.60 bits per heavy atom. The van der Waals surface area contributed by atoms with Gasteiger partial charge in [0, 0.05) is 19.7 Å². The molecule has 0 rings (SSSR count). The zero-order valence-electron chi connectivity index (χ0n) is 6.33. The van der Waals surface area contributed by atoms with Gasteiger partial charge in [0.15, 0.2) is 8.38 Å². The van der Waals surface area contributed by atoms with Crippen LogP contribution in [0.5, 0.6) is 0 Å². The Balaban J connectivity index is 3.32. The van der Waals surface area contributed by atoms with Gasteiger partial charge in [0.2, 0.25) is 0 Å². The predicted molar refractivity (Wildman–Crippen MR) is 40.7 cm³/mol. The van der Waals surface area contributed by atoms with E-state index in [0.717, 1.165) is 6.16 Å². The lowest BCUT2D eigenvalue weighted by molar-refractivity contribution is 0.298. The molecule has 4 heteroatoms. The highest BCUT2D eigenvalue weighted by atomic mass is 31.2. The van der Waals surface area contributed by atoms with Gasteiger partial charge in [0.05, 0.1) is 12.7 Å². The number of hydrogen-bond donors (Lipinski definition) is 0. The van der Waals surface area contributed by atoms with Gasteiger partial charge in [0.25, 0.3) is 0 Å². The summed E-state index contributed by atoms with van der Waals surface area (Å²) in [6.45, 7) is 2.58. The van der Waals surface area contributed by atoms with Crippen molar-refractivity contribution in [1.29, 1.82) is 5.26 Å². The molecule has 0 saturated heterocycles. The van der Waals surface area contributed by atoms with Crippen LogP contribution in [-0.4, -0.2) is 19.9 Å². The summed E-state index contributed by atoms with van der Waals surface area (Å²) < 4.78 is 10.2. The molecule has 0 fully saturated rings. The van der Waals surface area contributed by atoms with Gasteiger partial charge in [-0.3, -0.25) is 0 Å². The smallest absolute Gasteiger partial charge is 0.171 e. The Hall–Kier alpha value is -0.160. The molecule has 0 amide bonds. The molecular weight excluding hydrogens is 149 g/mol. The zero-order valence-corrected chi connectivity index (χ0v) is 7.23. The zero-order chi connectivity index (χ0) is 7.82. The van der Waals surface area contributed by atoms with Crippen LogP contribution in [0.25, 0.3) is 0 Å². The summed E-state index contributed by atoms with van der Waals surface area (Å²) in [4.78, 5) is 0. The lowest BCUT2D eigenvalue weighted by Crippen LogP contribution is -1.90. The van der Waals surface area contributed by atoms with Gasteiger partial charge in [-0.1, -0.05) is 0 Å². The van der Waals surface area contributed by atoms with E-state index in [2.05, 4.69) is 0 Å². The normalized spacial score (nSPS) is 12.5. The highest BCUT2D eigenvalue weighted by Gasteiger charge is 2.05. The van der Waals surface area contributed by atoms with Crippen molar-refractivity contribution in [2.75, 3.05) is 19.9 Å². The van der Waals surface area contributed by atoms with E-state index in [1.54, 1.807) is 7.11 Å². The van der Waals surface area contributed by atoms with Gasteiger partial charge in [-0.05, 0) is 6.92 Å². The fourth-order valence-corrected chi connectivity index (χ4v) is 1.48. The summed E-state index contributed by atoms with van der Waals surface area (Å²) in [6, 6.07) is 2.05. The Morgan fingerprint density at radius 2 is 2.30 bits per heavy atom. The van der Waals surface area contributed by atoms with Crippen LogP contribution in [0.15, 0.2) is 0 Å². The third-order valence-electron chi connectivity index (χ3n) is 0.883. The molecule has 0 aliphatic heterocycles. The second kappa shape index (κ2) is 6.95. The van der Waals surface area contributed by atoms with Crippen LogP contribution in [0.2, 0.25) is 0 Å². The van der Waals surface area contributed by atoms with Crippen LogP contribution in [0, 0.1) is 11.3 Å². The molecule has 0 radical (unpaired) electrons. The summed E-state index contributed by atoms with van der Waals surface area (Å²) in [5.74, 6) is 0. The highest BCUT2D eigenvalue weighted by molar-refractivity contribution is 7.47. The van der Waals surface area contributed by atoms with Crippen molar-refractivity contribution < 1.29 is 9.05 Å². The van der Waals surface area contributed by atoms with Crippen LogP contribution in [0.4, 0.5) is 0 Å². The molecule has 0 aromatic rings. The average molecular weight is 161 g/mol. The minimum Gasteiger partial charge on any atom is -0.337 e. The van der Waals surface area contributed by atoms with Gasteiger partial charge in [0.1, 0.15) is 0 Å². The maximum atomic E-state index is 8.23. The molecule has 0 bridgehead atoms. The molecule has 0 spiro atoms. The van der Waals surface area contributed by atoms with Crippen molar-refractivity contribution >= 4 is 8.38 Å². The lowest BCUT2D eigenvalue weighted by Gasteiger charge is -2.10. The van der Waals surface area contributed by atoms with E-state index in [-0.39, 0.29) is 0 Å². The van der Waals surface area contributed by atoms with Crippen molar-refractivity contribution in [3.63, 3.8) is 0 Å². The van der Waals surface area contributed by atoms with E-state index in [4.69, 9.17) is 14.3 Å². The molecule has 0 saturated carbocycles. The minimum absolute atomic E-state index is 0.513. The van der Waals surface area contributed by atoms with Crippen molar-refractivity contribution in [2.24, 2.45) is 0 Å². The predicted octanol–water partition coefficient (Wildman–Crippen LogP) is 1.89. The lowest BCUT2D eigenvalue weighted by atomic mass is 10.6. The van der Waals surface area contributed by atoms with Gasteiger partial charge < -0.3 is 9.05 Å². The monoisotopic (exact) mass is 161 g/mol. The van der Waals surface area contributed by atoms with Crippen molar-refractivity contribution in [3.8, 4) is 6.07 Å². The molecule has 0 aliphatic rings. The van der Waals surface area contributed by atoms with E-state index in [0.29, 0.717) is 13.0 Å². The molecule has 1 unspecified atom stereocenters. The van der Waals surface area contributed by atoms with Crippen LogP contribution in [0.1, 0.15) is 13.3 Å². The molecular formula is C6H12NO2P. The van der Waals surface area contributed by atoms with Crippen molar-refractivity contribution in [1.82, 2.24) is 0 Å². The Labute approximate surface area is 62.9 Å². The maximum absolute atomic E-state index is 8.23. The first-order valence-electron chi connectivity index (χ1n) is 3.16. The number of rotatable bonds is 5. The topological polar surface area (TPSA) is 42.2 Å². The SMILES string of the molecule is CCOP(CCC#N)OC. The minimum atomic E-state index is -0.787. The molecule has 0 aromatic carbocycles. The first-order valence-corrected chi connectivity index (χ1v) is 4.53. The van der Waals surface area contributed by atoms with Crippen LogP contribution in [0.3, 0.4) is 0 Å². The molecule has 0 aromatic heterocycles. The second-order valence-electron chi connectivity index (χ2n) is 1.56. The standard InChI is InChI=1S/C6H12NO2P/c1-3-9-10(8-2)6-4-5-7/h3-4,6H2,1-2H3. The van der Waals surface area contributed by atoms with Gasteiger partial charge >= 0.3 is 0 Å². The summed E-state index contributed by atoms with van der Waals surface area (Å²) in [5, 5.41) is 8.23. The van der Waals surface area contributed by atoms with Crippen molar-refractivity contribution in [2.45, 2.75) is 13.3 Å². The molecule has 10 heavy (non-hydrogen) atoms. The first kappa shape index (κ1) is 9.84. The molecule has 1 atom stereocenters. The molecule has 58 valence electrons. The summed E-state index contributed by atoms with van der Waals surface area (Å²) in [6.07, 6.45) is 1.23. The summed E-state index contributed by atoms with van der Waals surface area (Å²) in [7, 11) is 0.823. The second-order valence-corrected chi connectivity index (χ2v) is 3.30. The van der Waals surface area contributed by atoms with E-state index in [1.165, 1.54) is 0 Å². The van der Waals surface area contributed by atoms with Crippen LogP contribution in [-0.2, 0) is 9.05 Å². The Morgan fingerprint density at radius 3 is 2.70 bits per heavy atom. The largest absolute Gasteiger partial charge is 0.337 e. The average Bonchev–Trinajstić information content (AvgIpc) is 1.98. The van der Waals surface area contributed by atoms with E-state index in [9.17, 15) is 0 Å². The van der Waals surface area contributed by atoms with Gasteiger partial charge in [-0.15, -0.1) is 0 Å². The van der Waals surface area contributed by atoms with Crippen LogP contribution >= 0.6 is 8.38 Å². The van der Waals surface area contributed by atoms with E-state index < -0.39 is 8.38 Å². The Bertz CT molecular complexity index is 113. The number of nitrogens with zero attached hydrogens (tertiary/aromatic N) is 1. The van der Waals surface area contributed by atoms with Gasteiger partial charge in [-0.2, -0.15) is 5.26 Å². The van der Waals surface area contributed by atoms with E-state index >= 15 is 0 Å². The third-order valence-corrected chi connectivity index (χ3v) is 2.43. The number of nitriles is 1. The molecule has 0 N–H and O–H groups in total. The molecule has 0 aliphatic carbocycles. The van der Waals surface area contributed by atoms with Crippen LogP contribution < -0.4 is 0 Å². The summed E-state index contributed by atoms with van der Waals surface area (Å²) in [5.41, 5.74) is 0. The molecule has 0 heterocycles. The van der Waals surface area contributed by atoms with Crippen molar-refractivity contribution in [3.05, 3.63) is 0 Å². The first-order chi connectivity index (χ1) is 4.85. The van der Waals surface area contributed by atoms with Gasteiger partial charge in [-0.25, -0.2) is 0 Å². The fraction of sp³-hybridized carbons (Fsp3) is 0.833. The molecule has 3 nitrogen and oxygen atoms in total. The fourth-order valence-electron chi connectivity index (χ4n) is 0.494. The summed E-state index contributed by atoms with van der Waals surface area (Å²) >= 11 is 0. The third kappa shape index (κ3) is 4.69. The Kier molecular flexibility index (Phi) is 6.84. The number of hydrogen-bond acceptors (Lipinski definition) is 3. The maximum Gasteiger partial charge on any atom is 0.171 e. The highest BCUT2D eigenvalue weighted by Crippen LogP contribution is 2.37. The quantitative estimate of drug-likeness (QED) is 0.578.